The van der Waals surface area contributed by atoms with E-state index in [1.165, 1.54) is 0 Å². The van der Waals surface area contributed by atoms with Crippen LogP contribution in [0.2, 0.25) is 0 Å². The van der Waals surface area contributed by atoms with Crippen molar-refractivity contribution in [3.8, 4) is 0 Å². The first kappa shape index (κ1) is 13.6. The number of likely N-dealkylation sites (tertiary alicyclic amines) is 2. The van der Waals surface area contributed by atoms with Gasteiger partial charge in [0.25, 0.3) is 0 Å². The van der Waals surface area contributed by atoms with E-state index in [9.17, 15) is 4.79 Å². The molecule has 2 rings (SSSR count). The highest BCUT2D eigenvalue weighted by molar-refractivity contribution is 5.68. The molecule has 0 aromatic carbocycles. The van der Waals surface area contributed by atoms with Crippen LogP contribution < -0.4 is 0 Å². The molecule has 2 unspecified atom stereocenters. The fourth-order valence-electron chi connectivity index (χ4n) is 2.95. The van der Waals surface area contributed by atoms with Crippen molar-refractivity contribution in [3.63, 3.8) is 0 Å². The highest BCUT2D eigenvalue weighted by Crippen LogP contribution is 2.31. The van der Waals surface area contributed by atoms with Crippen molar-refractivity contribution >= 4 is 6.09 Å². The first-order valence-corrected chi connectivity index (χ1v) is 6.77. The first-order chi connectivity index (χ1) is 8.40. The molecule has 18 heavy (non-hydrogen) atoms. The summed E-state index contributed by atoms with van der Waals surface area (Å²) in [7, 11) is 0. The van der Waals surface area contributed by atoms with Gasteiger partial charge in [-0.05, 0) is 39.7 Å². The number of ether oxygens (including phenoxy) is 1. The third-order valence-electron chi connectivity index (χ3n) is 3.71. The van der Waals surface area contributed by atoms with Crippen molar-refractivity contribution in [2.75, 3.05) is 32.8 Å². The number of rotatable bonds is 2. The summed E-state index contributed by atoms with van der Waals surface area (Å²) < 4.78 is 5.41. The van der Waals surface area contributed by atoms with Crippen molar-refractivity contribution in [2.24, 2.45) is 5.92 Å². The molecule has 0 aliphatic carbocycles. The van der Waals surface area contributed by atoms with Gasteiger partial charge in [-0.2, -0.15) is 0 Å². The van der Waals surface area contributed by atoms with Crippen LogP contribution in [-0.2, 0) is 4.74 Å². The van der Waals surface area contributed by atoms with Crippen LogP contribution in [0.1, 0.15) is 27.2 Å². The third kappa shape index (κ3) is 2.95. The van der Waals surface area contributed by atoms with Crippen LogP contribution in [0.5, 0.6) is 0 Å². The molecule has 0 saturated carbocycles. The van der Waals surface area contributed by atoms with Crippen molar-refractivity contribution < 1.29 is 14.6 Å². The van der Waals surface area contributed by atoms with Gasteiger partial charge in [-0.15, -0.1) is 0 Å². The molecule has 0 radical (unpaired) electrons. The van der Waals surface area contributed by atoms with E-state index in [4.69, 9.17) is 9.84 Å². The monoisotopic (exact) mass is 257 g/mol. The van der Waals surface area contributed by atoms with Gasteiger partial charge in [0.1, 0.15) is 5.60 Å². The maximum Gasteiger partial charge on any atom is 0.410 e. The lowest BCUT2D eigenvalue weighted by molar-refractivity contribution is 0.0271. The second kappa shape index (κ2) is 5.05. The second-order valence-corrected chi connectivity index (χ2v) is 6.29. The van der Waals surface area contributed by atoms with Gasteiger partial charge in [0.15, 0.2) is 6.61 Å². The van der Waals surface area contributed by atoms with Crippen LogP contribution in [0.15, 0.2) is 0 Å². The van der Waals surface area contributed by atoms with E-state index in [-0.39, 0.29) is 6.09 Å². The Morgan fingerprint density at radius 2 is 2.11 bits per heavy atom. The summed E-state index contributed by atoms with van der Waals surface area (Å²) in [5, 5.41) is 7.32. The maximum absolute atomic E-state index is 12.0. The normalized spacial score (nSPS) is 28.6. The van der Waals surface area contributed by atoms with E-state index in [1.54, 1.807) is 0 Å². The lowest BCUT2D eigenvalue weighted by Crippen LogP contribution is -2.40. The lowest BCUT2D eigenvalue weighted by Gasteiger charge is -2.26. The minimum atomic E-state index is -0.421. The molecule has 2 heterocycles. The Bertz CT molecular complexity index is 312. The smallest absolute Gasteiger partial charge is 0.410 e. The van der Waals surface area contributed by atoms with Crippen LogP contribution in [0.25, 0.3) is 0 Å². The molecule has 0 spiro atoms. The third-order valence-corrected chi connectivity index (χ3v) is 3.71. The topological polar surface area (TPSA) is 55.7 Å². The van der Waals surface area contributed by atoms with Gasteiger partial charge in [-0.1, -0.05) is 0 Å². The SMILES string of the molecule is CC(C)(C)OC(=O)N1CC2CCN(CC[OH2+])C2C1. The average Bonchev–Trinajstić information content (AvgIpc) is 2.77. The van der Waals surface area contributed by atoms with Crippen LogP contribution in [0, 0.1) is 5.92 Å². The number of carbonyl (C=O) groups is 1. The first-order valence-electron chi connectivity index (χ1n) is 6.77. The molecular weight excluding hydrogens is 232 g/mol. The molecule has 2 atom stereocenters. The van der Waals surface area contributed by atoms with Gasteiger partial charge < -0.3 is 14.7 Å². The summed E-state index contributed by atoms with van der Waals surface area (Å²) in [6.45, 7) is 9.61. The Balaban J connectivity index is 1.90. The number of amides is 1. The predicted octanol–water partition coefficient (Wildman–Crippen LogP) is 0.652. The molecule has 1 amide bonds. The fraction of sp³-hybridized carbons (Fsp3) is 0.923. The van der Waals surface area contributed by atoms with E-state index >= 15 is 0 Å². The zero-order valence-corrected chi connectivity index (χ0v) is 11.6. The number of carbonyl (C=O) groups excluding carboxylic acids is 1. The minimum absolute atomic E-state index is 0.192. The summed E-state index contributed by atoms with van der Waals surface area (Å²) in [6, 6.07) is 0.447. The van der Waals surface area contributed by atoms with Crippen LogP contribution in [0.4, 0.5) is 4.79 Å². The Kier molecular flexibility index (Phi) is 3.82. The van der Waals surface area contributed by atoms with Gasteiger partial charge in [0.05, 0.1) is 6.54 Å². The van der Waals surface area contributed by atoms with Crippen LogP contribution >= 0.6 is 0 Å². The van der Waals surface area contributed by atoms with Crippen molar-refractivity contribution in [1.29, 1.82) is 0 Å². The number of fused-ring (bicyclic) bond motifs is 1. The summed E-state index contributed by atoms with van der Waals surface area (Å²) >= 11 is 0. The Labute approximate surface area is 109 Å². The van der Waals surface area contributed by atoms with E-state index in [1.807, 2.05) is 25.7 Å². The Morgan fingerprint density at radius 1 is 1.39 bits per heavy atom. The molecule has 5 nitrogen and oxygen atoms in total. The highest BCUT2D eigenvalue weighted by atomic mass is 16.6. The highest BCUT2D eigenvalue weighted by Gasteiger charge is 2.43. The molecule has 0 aromatic heterocycles. The van der Waals surface area contributed by atoms with Crippen LogP contribution in [0.3, 0.4) is 0 Å². The number of hydrogen-bond donors (Lipinski definition) is 0. The zero-order valence-electron chi connectivity index (χ0n) is 11.6. The van der Waals surface area contributed by atoms with Crippen LogP contribution in [-0.4, -0.2) is 65.4 Å². The summed E-state index contributed by atoms with van der Waals surface area (Å²) in [6.07, 6.45) is 0.951. The number of hydrogen-bond acceptors (Lipinski definition) is 3. The molecule has 2 saturated heterocycles. The Hall–Kier alpha value is -0.810. The molecule has 5 heteroatoms. The standard InChI is InChI=1S/C13H24N2O3/c1-13(2,3)18-12(17)15-8-10-4-5-14(6-7-16)11(10)9-15/h10-11,16H,4-9H2,1-3H3/p+1. The van der Waals surface area contributed by atoms with Crippen molar-refractivity contribution in [1.82, 2.24) is 9.80 Å². The molecule has 0 aromatic rings. The maximum atomic E-state index is 12.0. The van der Waals surface area contributed by atoms with Gasteiger partial charge in [0.2, 0.25) is 0 Å². The van der Waals surface area contributed by atoms with E-state index in [2.05, 4.69) is 4.90 Å². The summed E-state index contributed by atoms with van der Waals surface area (Å²) in [4.78, 5) is 16.2. The van der Waals surface area contributed by atoms with Crippen molar-refractivity contribution in [3.05, 3.63) is 0 Å². The summed E-state index contributed by atoms with van der Waals surface area (Å²) in [5.41, 5.74) is -0.421. The van der Waals surface area contributed by atoms with Gasteiger partial charge in [0, 0.05) is 19.1 Å². The molecular formula is C13H25N2O3+. The average molecular weight is 257 g/mol. The van der Waals surface area contributed by atoms with Gasteiger partial charge in [-0.3, -0.25) is 4.90 Å². The van der Waals surface area contributed by atoms with E-state index < -0.39 is 5.60 Å². The second-order valence-electron chi connectivity index (χ2n) is 6.29. The lowest BCUT2D eigenvalue weighted by atomic mass is 10.1. The van der Waals surface area contributed by atoms with E-state index in [0.29, 0.717) is 18.6 Å². The van der Waals surface area contributed by atoms with Crippen molar-refractivity contribution in [2.45, 2.75) is 38.8 Å². The zero-order chi connectivity index (χ0) is 13.3. The number of nitrogens with zero attached hydrogens (tertiary/aromatic N) is 2. The molecule has 2 fully saturated rings. The summed E-state index contributed by atoms with van der Waals surface area (Å²) in [5.74, 6) is 0.573. The van der Waals surface area contributed by atoms with Gasteiger partial charge >= 0.3 is 6.09 Å². The predicted molar refractivity (Wildman–Crippen MR) is 69.8 cm³/mol. The van der Waals surface area contributed by atoms with Gasteiger partial charge in [-0.25, -0.2) is 4.79 Å². The fourth-order valence-corrected chi connectivity index (χ4v) is 2.95. The molecule has 2 aliphatic heterocycles. The molecule has 2 N–H and O–H groups in total. The molecule has 0 bridgehead atoms. The Morgan fingerprint density at radius 3 is 2.72 bits per heavy atom. The largest absolute Gasteiger partial charge is 0.444 e. The molecule has 2 aliphatic rings. The quantitative estimate of drug-likeness (QED) is 0.683. The molecule has 104 valence electrons. The minimum Gasteiger partial charge on any atom is -0.444 e. The van der Waals surface area contributed by atoms with E-state index in [0.717, 1.165) is 32.6 Å².